The van der Waals surface area contributed by atoms with Crippen LogP contribution in [-0.2, 0) is 4.79 Å². The molecular weight excluding hydrogens is 152 g/mol. The maximum Gasteiger partial charge on any atom is 0.165 e. The largest absolute Gasteiger partial charge is 0.308 e. The normalized spacial score (nSPS) is 23.4. The van der Waals surface area contributed by atoms with E-state index in [0.717, 1.165) is 19.4 Å². The fourth-order valence-corrected chi connectivity index (χ4v) is 1.31. The van der Waals surface area contributed by atoms with E-state index >= 15 is 0 Å². The van der Waals surface area contributed by atoms with Gasteiger partial charge in [0.25, 0.3) is 0 Å². The smallest absolute Gasteiger partial charge is 0.165 e. The predicted octanol–water partition coefficient (Wildman–Crippen LogP) is 0.320. The predicted molar refractivity (Wildman–Crippen MR) is 48.2 cm³/mol. The molecule has 0 bridgehead atoms. The molecule has 0 spiro atoms. The van der Waals surface area contributed by atoms with Crippen LogP contribution < -0.4 is 10.6 Å². The van der Waals surface area contributed by atoms with E-state index < -0.39 is 0 Å². The van der Waals surface area contributed by atoms with E-state index in [2.05, 4.69) is 10.6 Å². The van der Waals surface area contributed by atoms with Crippen molar-refractivity contribution >= 4 is 5.78 Å². The van der Waals surface area contributed by atoms with E-state index in [-0.39, 0.29) is 11.8 Å². The molecule has 1 atom stereocenters. The second-order valence-electron chi connectivity index (χ2n) is 3.57. The van der Waals surface area contributed by atoms with E-state index in [9.17, 15) is 4.79 Å². The van der Waals surface area contributed by atoms with Crippen molar-refractivity contribution in [1.29, 1.82) is 0 Å². The molecule has 3 heteroatoms. The number of hydrogen-bond donors (Lipinski definition) is 1. The van der Waals surface area contributed by atoms with Crippen LogP contribution in [0.1, 0.15) is 26.7 Å². The summed E-state index contributed by atoms with van der Waals surface area (Å²) in [6.45, 7) is 5.43. The molecule has 1 rings (SSSR count). The minimum absolute atomic E-state index is 0.00347. The van der Waals surface area contributed by atoms with E-state index in [1.165, 1.54) is 0 Å². The van der Waals surface area contributed by atoms with Crippen LogP contribution in [0.3, 0.4) is 0 Å². The van der Waals surface area contributed by atoms with Gasteiger partial charge in [-0.2, -0.15) is 0 Å². The average Bonchev–Trinajstić information content (AvgIpc) is 2.51. The summed E-state index contributed by atoms with van der Waals surface area (Å²) in [5.41, 5.74) is 0. The minimum atomic E-state index is -0.00347. The van der Waals surface area contributed by atoms with Crippen LogP contribution in [0.15, 0.2) is 0 Å². The molecule has 0 aromatic carbocycles. The summed E-state index contributed by atoms with van der Waals surface area (Å²) in [5, 5.41) is 7.34. The second-order valence-corrected chi connectivity index (χ2v) is 3.57. The molecule has 1 radical (unpaired) electrons. The molecule has 1 aliphatic rings. The van der Waals surface area contributed by atoms with Gasteiger partial charge < -0.3 is 5.32 Å². The third-order valence-electron chi connectivity index (χ3n) is 2.04. The van der Waals surface area contributed by atoms with Gasteiger partial charge in [0.1, 0.15) is 0 Å². The van der Waals surface area contributed by atoms with E-state index in [4.69, 9.17) is 0 Å². The molecule has 1 saturated heterocycles. The molecule has 1 N–H and O–H groups in total. The fourth-order valence-electron chi connectivity index (χ4n) is 1.31. The highest BCUT2D eigenvalue weighted by Crippen LogP contribution is 2.07. The molecular formula is C9H17N2O. The SMILES string of the molecule is CC(C)NCC(=O)C1CCC[N]1. The second kappa shape index (κ2) is 4.58. The first-order chi connectivity index (χ1) is 5.70. The van der Waals surface area contributed by atoms with Crippen LogP contribution in [0.2, 0.25) is 0 Å². The number of nitrogens with one attached hydrogen (secondary N) is 1. The number of carbonyl (C=O) groups is 1. The first kappa shape index (κ1) is 9.68. The van der Waals surface area contributed by atoms with Gasteiger partial charge in [0.15, 0.2) is 5.78 Å². The highest BCUT2D eigenvalue weighted by Gasteiger charge is 2.22. The molecule has 1 aliphatic heterocycles. The lowest BCUT2D eigenvalue weighted by atomic mass is 10.1. The van der Waals surface area contributed by atoms with Crippen LogP contribution in [-0.4, -0.2) is 31.0 Å². The zero-order valence-corrected chi connectivity index (χ0v) is 7.84. The zero-order chi connectivity index (χ0) is 8.97. The van der Waals surface area contributed by atoms with Gasteiger partial charge in [-0.1, -0.05) is 13.8 Å². The number of carbonyl (C=O) groups excluding carboxylic acids is 1. The van der Waals surface area contributed by atoms with Crippen molar-refractivity contribution in [3.8, 4) is 0 Å². The van der Waals surface area contributed by atoms with E-state index in [1.807, 2.05) is 13.8 Å². The standard InChI is InChI=1S/C9H17N2O/c1-7(2)11-6-9(12)8-4-3-5-10-8/h7-8,11H,3-6H2,1-2H3. The fraction of sp³-hybridized carbons (Fsp3) is 0.889. The lowest BCUT2D eigenvalue weighted by Crippen LogP contribution is -2.37. The Morgan fingerprint density at radius 2 is 2.42 bits per heavy atom. The van der Waals surface area contributed by atoms with Gasteiger partial charge in [-0.05, 0) is 12.8 Å². The summed E-state index contributed by atoms with van der Waals surface area (Å²) >= 11 is 0. The average molecular weight is 169 g/mol. The zero-order valence-electron chi connectivity index (χ0n) is 7.84. The van der Waals surface area contributed by atoms with Crippen LogP contribution in [0.5, 0.6) is 0 Å². The molecule has 0 aromatic heterocycles. The molecule has 12 heavy (non-hydrogen) atoms. The first-order valence-corrected chi connectivity index (χ1v) is 4.63. The Morgan fingerprint density at radius 3 is 2.92 bits per heavy atom. The number of hydrogen-bond acceptors (Lipinski definition) is 2. The van der Waals surface area contributed by atoms with Crippen LogP contribution >= 0.6 is 0 Å². The Bertz CT molecular complexity index is 151. The van der Waals surface area contributed by atoms with Crippen molar-refractivity contribution in [1.82, 2.24) is 10.6 Å². The quantitative estimate of drug-likeness (QED) is 0.658. The summed E-state index contributed by atoms with van der Waals surface area (Å²) in [4.78, 5) is 11.4. The van der Waals surface area contributed by atoms with Gasteiger partial charge in [0, 0.05) is 12.6 Å². The number of ketones is 1. The summed E-state index contributed by atoms with van der Waals surface area (Å²) in [6, 6.07) is 0.381. The van der Waals surface area contributed by atoms with Gasteiger partial charge in [0.2, 0.25) is 0 Å². The Hall–Kier alpha value is -0.410. The van der Waals surface area contributed by atoms with E-state index in [1.54, 1.807) is 0 Å². The molecule has 1 heterocycles. The lowest BCUT2D eigenvalue weighted by Gasteiger charge is -2.10. The molecule has 1 fully saturated rings. The topological polar surface area (TPSA) is 43.2 Å². The molecule has 0 amide bonds. The number of Topliss-reactive ketones (excluding diaryl/α,β-unsaturated/α-hetero) is 1. The van der Waals surface area contributed by atoms with E-state index in [0.29, 0.717) is 12.6 Å². The number of rotatable bonds is 4. The molecule has 0 aliphatic carbocycles. The molecule has 0 saturated carbocycles. The first-order valence-electron chi connectivity index (χ1n) is 4.63. The minimum Gasteiger partial charge on any atom is -0.308 e. The van der Waals surface area contributed by atoms with Crippen molar-refractivity contribution in [3.05, 3.63) is 0 Å². The van der Waals surface area contributed by atoms with Crippen LogP contribution in [0.4, 0.5) is 0 Å². The summed E-state index contributed by atoms with van der Waals surface area (Å²) in [7, 11) is 0. The van der Waals surface area contributed by atoms with Crippen LogP contribution in [0, 0.1) is 0 Å². The summed E-state index contributed by atoms with van der Waals surface area (Å²) in [6.07, 6.45) is 2.04. The van der Waals surface area contributed by atoms with Crippen molar-refractivity contribution in [3.63, 3.8) is 0 Å². The molecule has 0 aromatic rings. The Labute approximate surface area is 73.9 Å². The van der Waals surface area contributed by atoms with Crippen molar-refractivity contribution in [2.45, 2.75) is 38.8 Å². The Balaban J connectivity index is 2.18. The number of nitrogens with zero attached hydrogens (tertiary/aromatic N) is 1. The van der Waals surface area contributed by atoms with Gasteiger partial charge in [0.05, 0.1) is 12.6 Å². The van der Waals surface area contributed by atoms with Gasteiger partial charge in [-0.3, -0.25) is 4.79 Å². The van der Waals surface area contributed by atoms with Crippen molar-refractivity contribution < 1.29 is 4.79 Å². The highest BCUT2D eigenvalue weighted by molar-refractivity contribution is 5.86. The third-order valence-corrected chi connectivity index (χ3v) is 2.04. The molecule has 69 valence electrons. The van der Waals surface area contributed by atoms with Gasteiger partial charge in [-0.25, -0.2) is 5.32 Å². The maximum atomic E-state index is 11.4. The molecule has 1 unspecified atom stereocenters. The monoisotopic (exact) mass is 169 g/mol. The van der Waals surface area contributed by atoms with Gasteiger partial charge in [-0.15, -0.1) is 0 Å². The Kier molecular flexibility index (Phi) is 3.69. The van der Waals surface area contributed by atoms with Gasteiger partial charge >= 0.3 is 0 Å². The Morgan fingerprint density at radius 1 is 1.67 bits per heavy atom. The lowest BCUT2D eigenvalue weighted by molar-refractivity contribution is -0.120. The third kappa shape index (κ3) is 2.91. The maximum absolute atomic E-state index is 11.4. The van der Waals surface area contributed by atoms with Crippen molar-refractivity contribution in [2.24, 2.45) is 0 Å². The van der Waals surface area contributed by atoms with Crippen molar-refractivity contribution in [2.75, 3.05) is 13.1 Å². The van der Waals surface area contributed by atoms with Crippen LogP contribution in [0.25, 0.3) is 0 Å². The summed E-state index contributed by atoms with van der Waals surface area (Å²) in [5.74, 6) is 0.251. The summed E-state index contributed by atoms with van der Waals surface area (Å²) < 4.78 is 0. The highest BCUT2D eigenvalue weighted by atomic mass is 16.1. The molecule has 3 nitrogen and oxygen atoms in total.